The van der Waals surface area contributed by atoms with Gasteiger partial charge in [-0.2, -0.15) is 0 Å². The summed E-state index contributed by atoms with van der Waals surface area (Å²) >= 11 is 0. The molecular weight excluding hydrogens is 251 g/mol. The molecule has 0 aliphatic heterocycles. The van der Waals surface area contributed by atoms with Crippen LogP contribution in [0.2, 0.25) is 0 Å². The van der Waals surface area contributed by atoms with Gasteiger partial charge in [-0.25, -0.2) is 4.39 Å². The first-order chi connectivity index (χ1) is 9.54. The highest BCUT2D eigenvalue weighted by atomic mass is 19.1. The van der Waals surface area contributed by atoms with Crippen LogP contribution in [0.15, 0.2) is 42.5 Å². The smallest absolute Gasteiger partial charge is 0.126 e. The normalized spacial score (nSPS) is 12.2. The summed E-state index contributed by atoms with van der Waals surface area (Å²) in [6.07, 6.45) is 0. The van der Waals surface area contributed by atoms with Gasteiger partial charge in [0.2, 0.25) is 0 Å². The number of hydrogen-bond donors (Lipinski definition) is 1. The molecule has 0 heterocycles. The molecule has 2 aromatic rings. The molecule has 0 spiro atoms. The van der Waals surface area contributed by atoms with E-state index in [9.17, 15) is 4.39 Å². The summed E-state index contributed by atoms with van der Waals surface area (Å²) in [6, 6.07) is 13.7. The summed E-state index contributed by atoms with van der Waals surface area (Å²) < 4.78 is 13.9. The van der Waals surface area contributed by atoms with E-state index in [4.69, 9.17) is 0 Å². The summed E-state index contributed by atoms with van der Waals surface area (Å²) in [5.74, 6) is -0.160. The first kappa shape index (κ1) is 14.5. The Bertz CT molecular complexity index is 581. The average molecular weight is 272 g/mol. The Morgan fingerprint density at radius 2 is 1.80 bits per heavy atom. The van der Waals surface area contributed by atoms with Crippen LogP contribution in [0.25, 0.3) is 0 Å². The fourth-order valence-corrected chi connectivity index (χ4v) is 2.27. The van der Waals surface area contributed by atoms with E-state index in [2.05, 4.69) is 10.2 Å². The standard InChI is InChI=1S/C17H21FN2/c1-12-10-17(15(11-16(12)18)13(2)19-3)20(4)14-8-6-5-7-9-14/h5-11,13,19H,1-4H3. The maximum absolute atomic E-state index is 13.9. The summed E-state index contributed by atoms with van der Waals surface area (Å²) in [7, 11) is 3.89. The summed E-state index contributed by atoms with van der Waals surface area (Å²) in [5.41, 5.74) is 3.73. The van der Waals surface area contributed by atoms with Gasteiger partial charge in [0.15, 0.2) is 0 Å². The molecule has 0 aliphatic rings. The first-order valence-electron chi connectivity index (χ1n) is 6.80. The molecule has 0 saturated carbocycles. The Morgan fingerprint density at radius 3 is 2.40 bits per heavy atom. The minimum absolute atomic E-state index is 0.0891. The second-order valence-electron chi connectivity index (χ2n) is 5.07. The monoisotopic (exact) mass is 272 g/mol. The van der Waals surface area contributed by atoms with Crippen LogP contribution in [0.4, 0.5) is 15.8 Å². The molecule has 0 bridgehead atoms. The number of hydrogen-bond acceptors (Lipinski definition) is 2. The first-order valence-corrected chi connectivity index (χ1v) is 6.80. The number of halogens is 1. The van der Waals surface area contributed by atoms with Crippen LogP contribution < -0.4 is 10.2 Å². The fourth-order valence-electron chi connectivity index (χ4n) is 2.27. The molecule has 2 nitrogen and oxygen atoms in total. The lowest BCUT2D eigenvalue weighted by atomic mass is 10.0. The van der Waals surface area contributed by atoms with E-state index >= 15 is 0 Å². The lowest BCUT2D eigenvalue weighted by Gasteiger charge is -2.26. The minimum atomic E-state index is -0.160. The fraction of sp³-hybridized carbons (Fsp3) is 0.294. The molecule has 0 saturated heterocycles. The summed E-state index contributed by atoms with van der Waals surface area (Å²) in [6.45, 7) is 3.83. The molecule has 20 heavy (non-hydrogen) atoms. The van der Waals surface area contributed by atoms with Crippen molar-refractivity contribution in [2.45, 2.75) is 19.9 Å². The van der Waals surface area contributed by atoms with Crippen molar-refractivity contribution >= 4 is 11.4 Å². The number of rotatable bonds is 4. The molecule has 0 amide bonds. The molecule has 2 rings (SSSR count). The Hall–Kier alpha value is -1.87. The third-order valence-corrected chi connectivity index (χ3v) is 3.71. The van der Waals surface area contributed by atoms with Crippen molar-refractivity contribution in [2.24, 2.45) is 0 Å². The number of anilines is 2. The van der Waals surface area contributed by atoms with Gasteiger partial charge in [0.25, 0.3) is 0 Å². The molecule has 106 valence electrons. The number of aryl methyl sites for hydroxylation is 1. The van der Waals surface area contributed by atoms with Crippen LogP contribution in [0, 0.1) is 12.7 Å². The van der Waals surface area contributed by atoms with E-state index in [-0.39, 0.29) is 11.9 Å². The van der Waals surface area contributed by atoms with Gasteiger partial charge < -0.3 is 10.2 Å². The van der Waals surface area contributed by atoms with Gasteiger partial charge in [0, 0.05) is 24.5 Å². The zero-order valence-corrected chi connectivity index (χ0v) is 12.4. The van der Waals surface area contributed by atoms with Gasteiger partial charge in [0.1, 0.15) is 5.82 Å². The molecular formula is C17H21FN2. The minimum Gasteiger partial charge on any atom is -0.344 e. The molecule has 3 heteroatoms. The number of para-hydroxylation sites is 1. The average Bonchev–Trinajstić information content (AvgIpc) is 2.49. The molecule has 0 aliphatic carbocycles. The zero-order chi connectivity index (χ0) is 14.7. The summed E-state index contributed by atoms with van der Waals surface area (Å²) in [4.78, 5) is 2.09. The highest BCUT2D eigenvalue weighted by Crippen LogP contribution is 2.32. The second-order valence-corrected chi connectivity index (χ2v) is 5.07. The largest absolute Gasteiger partial charge is 0.344 e. The molecule has 1 unspecified atom stereocenters. The van der Waals surface area contributed by atoms with Crippen molar-refractivity contribution in [2.75, 3.05) is 19.0 Å². The van der Waals surface area contributed by atoms with Gasteiger partial charge in [-0.1, -0.05) is 18.2 Å². The van der Waals surface area contributed by atoms with Gasteiger partial charge in [0.05, 0.1) is 0 Å². The van der Waals surface area contributed by atoms with Crippen LogP contribution >= 0.6 is 0 Å². The Kier molecular flexibility index (Phi) is 4.40. The molecule has 0 fully saturated rings. The predicted octanol–water partition coefficient (Wildman–Crippen LogP) is 4.18. The Labute approximate surface area is 120 Å². The van der Waals surface area contributed by atoms with Crippen molar-refractivity contribution in [1.82, 2.24) is 5.32 Å². The van der Waals surface area contributed by atoms with E-state index in [1.165, 1.54) is 0 Å². The van der Waals surface area contributed by atoms with Gasteiger partial charge in [-0.15, -0.1) is 0 Å². The van der Waals surface area contributed by atoms with Crippen molar-refractivity contribution in [3.05, 3.63) is 59.4 Å². The zero-order valence-electron chi connectivity index (χ0n) is 12.4. The van der Waals surface area contributed by atoms with Crippen molar-refractivity contribution in [1.29, 1.82) is 0 Å². The van der Waals surface area contributed by atoms with Gasteiger partial charge >= 0.3 is 0 Å². The van der Waals surface area contributed by atoms with Gasteiger partial charge in [-0.3, -0.25) is 0 Å². The van der Waals surface area contributed by atoms with Crippen LogP contribution in [0.3, 0.4) is 0 Å². The molecule has 1 atom stereocenters. The lowest BCUT2D eigenvalue weighted by Crippen LogP contribution is -2.19. The number of nitrogens with one attached hydrogen (secondary N) is 1. The SMILES string of the molecule is CNC(C)c1cc(F)c(C)cc1N(C)c1ccccc1. The molecule has 2 aromatic carbocycles. The van der Waals surface area contributed by atoms with Crippen LogP contribution in [0.1, 0.15) is 24.1 Å². The lowest BCUT2D eigenvalue weighted by molar-refractivity contribution is 0.601. The summed E-state index contributed by atoms with van der Waals surface area (Å²) in [5, 5.41) is 3.18. The Balaban J connectivity index is 2.52. The highest BCUT2D eigenvalue weighted by Gasteiger charge is 2.16. The number of benzene rings is 2. The quantitative estimate of drug-likeness (QED) is 0.898. The van der Waals surface area contributed by atoms with Crippen LogP contribution in [-0.2, 0) is 0 Å². The van der Waals surface area contributed by atoms with E-state index in [0.717, 1.165) is 16.9 Å². The van der Waals surface area contributed by atoms with E-state index in [1.807, 2.05) is 57.4 Å². The second kappa shape index (κ2) is 6.06. The van der Waals surface area contributed by atoms with Crippen molar-refractivity contribution < 1.29 is 4.39 Å². The van der Waals surface area contributed by atoms with Crippen LogP contribution in [-0.4, -0.2) is 14.1 Å². The maximum Gasteiger partial charge on any atom is 0.126 e. The van der Waals surface area contributed by atoms with E-state index in [1.54, 1.807) is 13.0 Å². The maximum atomic E-state index is 13.9. The van der Waals surface area contributed by atoms with E-state index in [0.29, 0.717) is 5.56 Å². The molecule has 1 N–H and O–H groups in total. The third-order valence-electron chi connectivity index (χ3n) is 3.71. The number of nitrogens with zero attached hydrogens (tertiary/aromatic N) is 1. The highest BCUT2D eigenvalue weighted by molar-refractivity contribution is 5.67. The van der Waals surface area contributed by atoms with Crippen molar-refractivity contribution in [3.63, 3.8) is 0 Å². The molecule has 0 radical (unpaired) electrons. The Morgan fingerprint density at radius 1 is 1.15 bits per heavy atom. The topological polar surface area (TPSA) is 15.3 Å². The van der Waals surface area contributed by atoms with Crippen LogP contribution in [0.5, 0.6) is 0 Å². The predicted molar refractivity (Wildman–Crippen MR) is 83.1 cm³/mol. The van der Waals surface area contributed by atoms with Gasteiger partial charge in [-0.05, 0) is 56.3 Å². The molecule has 0 aromatic heterocycles. The van der Waals surface area contributed by atoms with E-state index < -0.39 is 0 Å². The van der Waals surface area contributed by atoms with Crippen molar-refractivity contribution in [3.8, 4) is 0 Å². The third kappa shape index (κ3) is 2.83.